The summed E-state index contributed by atoms with van der Waals surface area (Å²) in [5.74, 6) is 0.0138. The molecular formula is C16H20N4O3. The Balaban J connectivity index is 2.18. The second-order valence-electron chi connectivity index (χ2n) is 5.72. The monoisotopic (exact) mass is 316 g/mol. The van der Waals surface area contributed by atoms with Crippen molar-refractivity contribution in [1.82, 2.24) is 9.78 Å². The van der Waals surface area contributed by atoms with E-state index in [9.17, 15) is 14.9 Å². The van der Waals surface area contributed by atoms with Gasteiger partial charge in [0, 0.05) is 5.69 Å². The number of anilines is 1. The molecule has 0 aliphatic rings. The third-order valence-electron chi connectivity index (χ3n) is 3.68. The quantitative estimate of drug-likeness (QED) is 0.677. The predicted molar refractivity (Wildman–Crippen MR) is 87.5 cm³/mol. The molecule has 0 radical (unpaired) electrons. The van der Waals surface area contributed by atoms with E-state index in [0.29, 0.717) is 11.4 Å². The molecule has 2 aromatic rings. The molecule has 0 aliphatic carbocycles. The summed E-state index contributed by atoms with van der Waals surface area (Å²) in [7, 11) is 0. The number of benzene rings is 1. The molecule has 0 bridgehead atoms. The van der Waals surface area contributed by atoms with Crippen LogP contribution in [0.3, 0.4) is 0 Å². The van der Waals surface area contributed by atoms with E-state index in [-0.39, 0.29) is 24.1 Å². The maximum absolute atomic E-state index is 12.3. The number of carbonyl (C=O) groups is 1. The number of nitrogens with one attached hydrogen (secondary N) is 1. The number of aromatic nitrogens is 2. The third kappa shape index (κ3) is 3.56. The Morgan fingerprint density at radius 1 is 1.35 bits per heavy atom. The summed E-state index contributed by atoms with van der Waals surface area (Å²) < 4.78 is 1.36. The Morgan fingerprint density at radius 2 is 2.00 bits per heavy atom. The number of amides is 1. The van der Waals surface area contributed by atoms with Crippen molar-refractivity contribution in [2.24, 2.45) is 0 Å². The molecule has 0 atom stereocenters. The van der Waals surface area contributed by atoms with Crippen molar-refractivity contribution in [3.8, 4) is 0 Å². The average molecular weight is 316 g/mol. The van der Waals surface area contributed by atoms with Crippen LogP contribution in [0.15, 0.2) is 24.3 Å². The Kier molecular flexibility index (Phi) is 4.78. The first-order valence-electron chi connectivity index (χ1n) is 7.38. The van der Waals surface area contributed by atoms with Crippen LogP contribution in [0.25, 0.3) is 0 Å². The standard InChI is InChI=1S/C16H20N4O3/c1-10(2)13-7-5-6-8-14(13)17-15(21)9-19-12(4)16(20(22)23)11(3)18-19/h5-8,10H,9H2,1-4H3,(H,17,21). The first kappa shape index (κ1) is 16.7. The van der Waals surface area contributed by atoms with Gasteiger partial charge in [-0.05, 0) is 31.4 Å². The van der Waals surface area contributed by atoms with Crippen LogP contribution in [0.1, 0.15) is 36.7 Å². The lowest BCUT2D eigenvalue weighted by atomic mass is 10.0. The normalized spacial score (nSPS) is 10.8. The Labute approximate surface area is 134 Å². The van der Waals surface area contributed by atoms with Crippen molar-refractivity contribution in [3.63, 3.8) is 0 Å². The van der Waals surface area contributed by atoms with Crippen LogP contribution >= 0.6 is 0 Å². The highest BCUT2D eigenvalue weighted by Crippen LogP contribution is 2.24. The molecule has 0 spiro atoms. The highest BCUT2D eigenvalue weighted by molar-refractivity contribution is 5.91. The van der Waals surface area contributed by atoms with Crippen LogP contribution in [0.4, 0.5) is 11.4 Å². The SMILES string of the molecule is Cc1nn(CC(=O)Nc2ccccc2C(C)C)c(C)c1[N+](=O)[O-]. The van der Waals surface area contributed by atoms with Crippen molar-refractivity contribution in [3.05, 3.63) is 51.3 Å². The molecular weight excluding hydrogens is 296 g/mol. The lowest BCUT2D eigenvalue weighted by Crippen LogP contribution is -2.21. The molecule has 0 saturated carbocycles. The van der Waals surface area contributed by atoms with Gasteiger partial charge in [-0.1, -0.05) is 32.0 Å². The highest BCUT2D eigenvalue weighted by atomic mass is 16.6. The van der Waals surface area contributed by atoms with Crippen LogP contribution in [-0.2, 0) is 11.3 Å². The molecule has 0 saturated heterocycles. The molecule has 1 N–H and O–H groups in total. The zero-order chi connectivity index (χ0) is 17.1. The fraction of sp³-hybridized carbons (Fsp3) is 0.375. The third-order valence-corrected chi connectivity index (χ3v) is 3.68. The molecule has 0 aliphatic heterocycles. The molecule has 2 rings (SSSR count). The van der Waals surface area contributed by atoms with E-state index >= 15 is 0 Å². The van der Waals surface area contributed by atoms with Gasteiger partial charge in [0.15, 0.2) is 0 Å². The minimum absolute atomic E-state index is 0.0413. The van der Waals surface area contributed by atoms with Gasteiger partial charge in [-0.15, -0.1) is 0 Å². The first-order valence-corrected chi connectivity index (χ1v) is 7.38. The molecule has 0 unspecified atom stereocenters. The van der Waals surface area contributed by atoms with Gasteiger partial charge in [0.25, 0.3) is 0 Å². The summed E-state index contributed by atoms with van der Waals surface area (Å²) in [6.07, 6.45) is 0. The zero-order valence-electron chi connectivity index (χ0n) is 13.7. The summed E-state index contributed by atoms with van der Waals surface area (Å²) in [4.78, 5) is 22.8. The van der Waals surface area contributed by atoms with E-state index in [1.54, 1.807) is 13.8 Å². The molecule has 7 nitrogen and oxygen atoms in total. The summed E-state index contributed by atoms with van der Waals surface area (Å²) in [5, 5.41) is 17.9. The molecule has 122 valence electrons. The molecule has 0 fully saturated rings. The van der Waals surface area contributed by atoms with Gasteiger partial charge in [-0.2, -0.15) is 5.10 Å². The van der Waals surface area contributed by atoms with Crippen LogP contribution in [0.2, 0.25) is 0 Å². The number of rotatable bonds is 5. The van der Waals surface area contributed by atoms with Gasteiger partial charge >= 0.3 is 5.69 Å². The zero-order valence-corrected chi connectivity index (χ0v) is 13.7. The highest BCUT2D eigenvalue weighted by Gasteiger charge is 2.22. The maximum atomic E-state index is 12.3. The van der Waals surface area contributed by atoms with Crippen LogP contribution in [-0.4, -0.2) is 20.6 Å². The minimum Gasteiger partial charge on any atom is -0.324 e. The number of aryl methyl sites for hydroxylation is 1. The average Bonchev–Trinajstić information content (AvgIpc) is 2.73. The molecule has 7 heteroatoms. The number of nitrogens with zero attached hydrogens (tertiary/aromatic N) is 3. The number of hydrogen-bond acceptors (Lipinski definition) is 4. The van der Waals surface area contributed by atoms with Gasteiger partial charge in [0.05, 0.1) is 4.92 Å². The van der Waals surface area contributed by atoms with E-state index in [4.69, 9.17) is 0 Å². The van der Waals surface area contributed by atoms with Crippen molar-refractivity contribution in [2.45, 2.75) is 40.2 Å². The summed E-state index contributed by atoms with van der Waals surface area (Å²) in [6, 6.07) is 7.59. The van der Waals surface area contributed by atoms with Crippen molar-refractivity contribution >= 4 is 17.3 Å². The van der Waals surface area contributed by atoms with Crippen molar-refractivity contribution in [1.29, 1.82) is 0 Å². The number of hydrogen-bond donors (Lipinski definition) is 1. The summed E-state index contributed by atoms with van der Waals surface area (Å²) in [5.41, 5.74) is 2.44. The fourth-order valence-electron chi connectivity index (χ4n) is 2.55. The van der Waals surface area contributed by atoms with E-state index in [0.717, 1.165) is 11.3 Å². The van der Waals surface area contributed by atoms with Crippen molar-refractivity contribution in [2.75, 3.05) is 5.32 Å². The smallest absolute Gasteiger partial charge is 0.312 e. The van der Waals surface area contributed by atoms with Crippen LogP contribution in [0.5, 0.6) is 0 Å². The molecule has 1 heterocycles. The van der Waals surface area contributed by atoms with E-state index < -0.39 is 4.92 Å². The molecule has 1 amide bonds. The maximum Gasteiger partial charge on any atom is 0.312 e. The number of para-hydroxylation sites is 1. The van der Waals surface area contributed by atoms with Gasteiger partial charge < -0.3 is 5.32 Å². The van der Waals surface area contributed by atoms with E-state index in [1.165, 1.54) is 4.68 Å². The lowest BCUT2D eigenvalue weighted by Gasteiger charge is -2.13. The lowest BCUT2D eigenvalue weighted by molar-refractivity contribution is -0.386. The minimum atomic E-state index is -0.472. The second-order valence-corrected chi connectivity index (χ2v) is 5.72. The van der Waals surface area contributed by atoms with Crippen molar-refractivity contribution < 1.29 is 9.72 Å². The van der Waals surface area contributed by atoms with E-state index in [1.807, 2.05) is 24.3 Å². The Morgan fingerprint density at radius 3 is 2.57 bits per heavy atom. The van der Waals surface area contributed by atoms with Gasteiger partial charge in [-0.25, -0.2) is 0 Å². The van der Waals surface area contributed by atoms with Gasteiger partial charge in [0.1, 0.15) is 17.9 Å². The topological polar surface area (TPSA) is 90.1 Å². The molecule has 1 aromatic heterocycles. The molecule has 1 aromatic carbocycles. The summed E-state index contributed by atoms with van der Waals surface area (Å²) >= 11 is 0. The van der Waals surface area contributed by atoms with Crippen LogP contribution in [0, 0.1) is 24.0 Å². The number of nitro groups is 1. The largest absolute Gasteiger partial charge is 0.324 e. The van der Waals surface area contributed by atoms with Gasteiger partial charge in [0.2, 0.25) is 5.91 Å². The number of carbonyl (C=O) groups excluding carboxylic acids is 1. The summed E-state index contributed by atoms with van der Waals surface area (Å²) in [6.45, 7) is 7.19. The Bertz CT molecular complexity index is 750. The molecule has 23 heavy (non-hydrogen) atoms. The fourth-order valence-corrected chi connectivity index (χ4v) is 2.55. The predicted octanol–water partition coefficient (Wildman–Crippen LogP) is 3.17. The van der Waals surface area contributed by atoms with Crippen LogP contribution < -0.4 is 5.32 Å². The second kappa shape index (κ2) is 6.60. The first-order chi connectivity index (χ1) is 10.8. The Hall–Kier alpha value is -2.70. The van der Waals surface area contributed by atoms with E-state index in [2.05, 4.69) is 24.3 Å². The van der Waals surface area contributed by atoms with Gasteiger partial charge in [-0.3, -0.25) is 19.6 Å².